The normalized spacial score (nSPS) is 16.7. The van der Waals surface area contributed by atoms with Crippen molar-refractivity contribution in [3.05, 3.63) is 57.4 Å². The Labute approximate surface area is 138 Å². The molecule has 0 radical (unpaired) electrons. The van der Waals surface area contributed by atoms with Crippen LogP contribution in [-0.2, 0) is 11.2 Å². The third kappa shape index (κ3) is 3.16. The van der Waals surface area contributed by atoms with Crippen molar-refractivity contribution in [1.29, 1.82) is 0 Å². The molecule has 0 saturated heterocycles. The molecule has 0 saturated carbocycles. The second-order valence-electron chi connectivity index (χ2n) is 5.70. The fourth-order valence-electron chi connectivity index (χ4n) is 2.89. The molecule has 1 amide bonds. The number of ether oxygens (including phenoxy) is 1. The first-order valence-electron chi connectivity index (χ1n) is 7.70. The Bertz CT molecular complexity index is 807. The zero-order valence-corrected chi connectivity index (χ0v) is 13.3. The predicted molar refractivity (Wildman–Crippen MR) is 85.4 cm³/mol. The number of furan rings is 1. The van der Waals surface area contributed by atoms with E-state index in [9.17, 15) is 14.4 Å². The maximum Gasteiger partial charge on any atom is 0.261 e. The van der Waals surface area contributed by atoms with Gasteiger partial charge >= 0.3 is 0 Å². The van der Waals surface area contributed by atoms with E-state index in [-0.39, 0.29) is 23.7 Å². The molecule has 126 valence electrons. The Hall–Kier alpha value is -2.67. The number of pyridine rings is 1. The number of ketones is 1. The maximum atomic E-state index is 12.4. The van der Waals surface area contributed by atoms with Gasteiger partial charge in [0.25, 0.3) is 11.5 Å². The average Bonchev–Trinajstić information content (AvgIpc) is 3.08. The molecule has 1 aliphatic rings. The molecule has 24 heavy (non-hydrogen) atoms. The second kappa shape index (κ2) is 6.84. The molecule has 1 atom stereocenters. The van der Waals surface area contributed by atoms with E-state index in [0.717, 1.165) is 5.76 Å². The third-order valence-electron chi connectivity index (χ3n) is 4.09. The molecule has 0 unspecified atom stereocenters. The fourth-order valence-corrected chi connectivity index (χ4v) is 2.89. The van der Waals surface area contributed by atoms with Crippen LogP contribution in [0.2, 0.25) is 0 Å². The van der Waals surface area contributed by atoms with Crippen molar-refractivity contribution in [3.63, 3.8) is 0 Å². The van der Waals surface area contributed by atoms with Gasteiger partial charge in [-0.05, 0) is 24.6 Å². The van der Waals surface area contributed by atoms with Crippen LogP contribution in [0.1, 0.15) is 44.5 Å². The van der Waals surface area contributed by atoms with Crippen molar-refractivity contribution < 1.29 is 18.7 Å². The van der Waals surface area contributed by atoms with E-state index in [1.54, 1.807) is 12.3 Å². The molecule has 0 spiro atoms. The largest absolute Gasteiger partial charge is 0.469 e. The molecule has 7 nitrogen and oxygen atoms in total. The Morgan fingerprint density at radius 2 is 2.25 bits per heavy atom. The third-order valence-corrected chi connectivity index (χ3v) is 4.09. The lowest BCUT2D eigenvalue weighted by Crippen LogP contribution is -2.34. The summed E-state index contributed by atoms with van der Waals surface area (Å²) in [6, 6.07) is 4.97. The molecule has 2 N–H and O–H groups in total. The Morgan fingerprint density at radius 3 is 2.96 bits per heavy atom. The first kappa shape index (κ1) is 16.2. The number of carbonyl (C=O) groups is 2. The highest BCUT2D eigenvalue weighted by molar-refractivity contribution is 6.02. The van der Waals surface area contributed by atoms with E-state index < -0.39 is 11.5 Å². The number of carbonyl (C=O) groups excluding carboxylic acids is 2. The summed E-state index contributed by atoms with van der Waals surface area (Å²) in [6.45, 7) is 0.638. The van der Waals surface area contributed by atoms with Crippen LogP contribution in [0.15, 0.2) is 33.7 Å². The number of methoxy groups -OCH3 is 1. The molecule has 0 aromatic carbocycles. The van der Waals surface area contributed by atoms with Gasteiger partial charge in [0.15, 0.2) is 5.78 Å². The van der Waals surface area contributed by atoms with Crippen LogP contribution in [-0.4, -0.2) is 36.9 Å². The van der Waals surface area contributed by atoms with Gasteiger partial charge in [0, 0.05) is 37.3 Å². The number of amides is 1. The van der Waals surface area contributed by atoms with Gasteiger partial charge in [0.1, 0.15) is 11.3 Å². The number of aromatic nitrogens is 1. The first-order valence-corrected chi connectivity index (χ1v) is 7.70. The summed E-state index contributed by atoms with van der Waals surface area (Å²) in [5.41, 5.74) is 0.381. The van der Waals surface area contributed by atoms with E-state index in [4.69, 9.17) is 9.15 Å². The second-order valence-corrected chi connectivity index (χ2v) is 5.70. The van der Waals surface area contributed by atoms with Crippen LogP contribution in [0, 0.1) is 0 Å². The predicted octanol–water partition coefficient (Wildman–Crippen LogP) is 1.26. The van der Waals surface area contributed by atoms with Crippen LogP contribution < -0.4 is 10.9 Å². The summed E-state index contributed by atoms with van der Waals surface area (Å²) in [5, 5.41) is 2.58. The van der Waals surface area contributed by atoms with Crippen molar-refractivity contribution in [2.24, 2.45) is 0 Å². The van der Waals surface area contributed by atoms with Gasteiger partial charge in [-0.25, -0.2) is 0 Å². The number of H-pyrrole nitrogens is 1. The zero-order chi connectivity index (χ0) is 17.1. The van der Waals surface area contributed by atoms with Gasteiger partial charge in [0.05, 0.1) is 12.9 Å². The molecular formula is C17H18N2O5. The number of hydrogen-bond donors (Lipinski definition) is 2. The van der Waals surface area contributed by atoms with E-state index in [0.29, 0.717) is 30.8 Å². The van der Waals surface area contributed by atoms with Gasteiger partial charge in [-0.3, -0.25) is 14.4 Å². The molecule has 0 bridgehead atoms. The van der Waals surface area contributed by atoms with Crippen molar-refractivity contribution in [2.45, 2.75) is 18.8 Å². The minimum atomic E-state index is -0.517. The Kier molecular flexibility index (Phi) is 4.61. The van der Waals surface area contributed by atoms with E-state index >= 15 is 0 Å². The van der Waals surface area contributed by atoms with E-state index in [1.807, 2.05) is 6.07 Å². The smallest absolute Gasteiger partial charge is 0.261 e. The fraction of sp³-hybridized carbons (Fsp3) is 0.353. The van der Waals surface area contributed by atoms with Crippen molar-refractivity contribution >= 4 is 11.7 Å². The number of rotatable bonds is 5. The van der Waals surface area contributed by atoms with E-state index in [2.05, 4.69) is 10.3 Å². The average molecular weight is 330 g/mol. The lowest BCUT2D eigenvalue weighted by atomic mass is 9.84. The topological polar surface area (TPSA) is 101 Å². The van der Waals surface area contributed by atoms with Crippen molar-refractivity contribution in [1.82, 2.24) is 10.3 Å². The lowest BCUT2D eigenvalue weighted by Gasteiger charge is -2.22. The molecule has 0 fully saturated rings. The molecule has 2 aromatic heterocycles. The zero-order valence-electron chi connectivity index (χ0n) is 13.3. The highest BCUT2D eigenvalue weighted by atomic mass is 16.5. The summed E-state index contributed by atoms with van der Waals surface area (Å²) in [4.78, 5) is 39.4. The summed E-state index contributed by atoms with van der Waals surface area (Å²) >= 11 is 0. The Balaban J connectivity index is 1.86. The number of Topliss-reactive ketones (excluding diaryl/α,β-unsaturated/α-hetero) is 1. The summed E-state index contributed by atoms with van der Waals surface area (Å²) in [5.74, 6) is -0.00911. The first-order chi connectivity index (χ1) is 11.6. The molecule has 2 heterocycles. The number of hydrogen-bond acceptors (Lipinski definition) is 5. The van der Waals surface area contributed by atoms with Gasteiger partial charge in [0.2, 0.25) is 0 Å². The molecule has 3 rings (SSSR count). The minimum absolute atomic E-state index is 0.0605. The highest BCUT2D eigenvalue weighted by Crippen LogP contribution is 2.31. The molecule has 0 aliphatic heterocycles. The molecule has 2 aromatic rings. The van der Waals surface area contributed by atoms with Gasteiger partial charge < -0.3 is 19.5 Å². The maximum absolute atomic E-state index is 12.4. The standard InChI is InChI=1S/C17H18N2O5/c1-23-6-4-18-16(21)12-9-11-13(19-17(12)22)7-10(8-14(11)20)15-3-2-5-24-15/h2-3,5,9-10H,4,6-8H2,1H3,(H,18,21)(H,19,22)/t10-/m1/s1. The van der Waals surface area contributed by atoms with E-state index in [1.165, 1.54) is 13.2 Å². The van der Waals surface area contributed by atoms with Gasteiger partial charge in [-0.1, -0.05) is 0 Å². The summed E-state index contributed by atoms with van der Waals surface area (Å²) < 4.78 is 10.2. The summed E-state index contributed by atoms with van der Waals surface area (Å²) in [6.07, 6.45) is 2.35. The molecule has 1 aliphatic carbocycles. The van der Waals surface area contributed by atoms with Crippen LogP contribution >= 0.6 is 0 Å². The Morgan fingerprint density at radius 1 is 1.42 bits per heavy atom. The van der Waals surface area contributed by atoms with Crippen LogP contribution in [0.5, 0.6) is 0 Å². The highest BCUT2D eigenvalue weighted by Gasteiger charge is 2.30. The van der Waals surface area contributed by atoms with Gasteiger partial charge in [-0.15, -0.1) is 0 Å². The number of fused-ring (bicyclic) bond motifs is 1. The van der Waals surface area contributed by atoms with Crippen LogP contribution in [0.4, 0.5) is 0 Å². The number of aromatic amines is 1. The van der Waals surface area contributed by atoms with Crippen LogP contribution in [0.25, 0.3) is 0 Å². The SMILES string of the molecule is COCCNC(=O)c1cc2c([nH]c1=O)C[C@@H](c1ccco1)CC2=O. The van der Waals surface area contributed by atoms with Crippen molar-refractivity contribution in [3.8, 4) is 0 Å². The molecular weight excluding hydrogens is 312 g/mol. The van der Waals surface area contributed by atoms with Gasteiger partial charge in [-0.2, -0.15) is 0 Å². The summed E-state index contributed by atoms with van der Waals surface area (Å²) in [7, 11) is 1.52. The number of nitrogens with one attached hydrogen (secondary N) is 2. The minimum Gasteiger partial charge on any atom is -0.469 e. The quantitative estimate of drug-likeness (QED) is 0.804. The van der Waals surface area contributed by atoms with Crippen molar-refractivity contribution in [2.75, 3.05) is 20.3 Å². The molecule has 7 heteroatoms. The lowest BCUT2D eigenvalue weighted by molar-refractivity contribution is 0.0935. The monoisotopic (exact) mass is 330 g/mol. The van der Waals surface area contributed by atoms with Crippen LogP contribution in [0.3, 0.4) is 0 Å².